The van der Waals surface area contributed by atoms with Crippen molar-refractivity contribution in [2.75, 3.05) is 19.7 Å². The number of rotatable bonds is 2. The molecule has 22 heavy (non-hydrogen) atoms. The van der Waals surface area contributed by atoms with Crippen LogP contribution in [0.2, 0.25) is 0 Å². The summed E-state index contributed by atoms with van der Waals surface area (Å²) < 4.78 is 21.4. The highest BCUT2D eigenvalue weighted by molar-refractivity contribution is 5.94. The van der Waals surface area contributed by atoms with E-state index in [-0.39, 0.29) is 17.6 Å². The smallest absolute Gasteiger partial charge is 0.257 e. The summed E-state index contributed by atoms with van der Waals surface area (Å²) in [5, 5.41) is 0. The SMILES string of the molecule is Cc1cn(C)c([C@H]2CN(C(=O)c3ccccc3F)CCO2)n1. The van der Waals surface area contributed by atoms with Gasteiger partial charge in [0.2, 0.25) is 0 Å². The summed E-state index contributed by atoms with van der Waals surface area (Å²) in [5.74, 6) is -0.0238. The quantitative estimate of drug-likeness (QED) is 0.853. The van der Waals surface area contributed by atoms with Crippen LogP contribution in [0.5, 0.6) is 0 Å². The molecule has 0 spiro atoms. The molecule has 1 atom stereocenters. The minimum absolute atomic E-state index is 0.0965. The number of aryl methyl sites for hydroxylation is 2. The maximum Gasteiger partial charge on any atom is 0.257 e. The predicted molar refractivity (Wildman–Crippen MR) is 78.9 cm³/mol. The van der Waals surface area contributed by atoms with Crippen molar-refractivity contribution in [3.63, 3.8) is 0 Å². The van der Waals surface area contributed by atoms with Gasteiger partial charge in [0.25, 0.3) is 5.91 Å². The van der Waals surface area contributed by atoms with Crippen molar-refractivity contribution < 1.29 is 13.9 Å². The van der Waals surface area contributed by atoms with Gasteiger partial charge in [0.05, 0.1) is 24.4 Å². The average Bonchev–Trinajstić information content (AvgIpc) is 2.86. The Morgan fingerprint density at radius 2 is 2.18 bits per heavy atom. The fraction of sp³-hybridized carbons (Fsp3) is 0.375. The molecular weight excluding hydrogens is 285 g/mol. The third kappa shape index (κ3) is 2.74. The van der Waals surface area contributed by atoms with Gasteiger partial charge in [-0.25, -0.2) is 9.37 Å². The number of halogens is 1. The highest BCUT2D eigenvalue weighted by Crippen LogP contribution is 2.23. The number of carbonyl (C=O) groups excluding carboxylic acids is 1. The Bertz CT molecular complexity index is 698. The first-order valence-electron chi connectivity index (χ1n) is 7.21. The number of hydrogen-bond donors (Lipinski definition) is 0. The second-order valence-corrected chi connectivity index (χ2v) is 5.44. The van der Waals surface area contributed by atoms with Crippen molar-refractivity contribution in [1.29, 1.82) is 0 Å². The van der Waals surface area contributed by atoms with E-state index in [4.69, 9.17) is 4.74 Å². The number of nitrogens with zero attached hydrogens (tertiary/aromatic N) is 3. The Hall–Kier alpha value is -2.21. The summed E-state index contributed by atoms with van der Waals surface area (Å²) in [6.45, 7) is 3.15. The van der Waals surface area contributed by atoms with E-state index in [0.717, 1.165) is 11.5 Å². The molecule has 1 fully saturated rings. The second-order valence-electron chi connectivity index (χ2n) is 5.44. The third-order valence-corrected chi connectivity index (χ3v) is 3.78. The first kappa shape index (κ1) is 14.7. The van der Waals surface area contributed by atoms with Gasteiger partial charge in [-0.1, -0.05) is 12.1 Å². The van der Waals surface area contributed by atoms with Crippen LogP contribution in [0.4, 0.5) is 4.39 Å². The number of morpholine rings is 1. The van der Waals surface area contributed by atoms with Crippen LogP contribution >= 0.6 is 0 Å². The lowest BCUT2D eigenvalue weighted by Gasteiger charge is -2.32. The van der Waals surface area contributed by atoms with Gasteiger partial charge in [-0.3, -0.25) is 4.79 Å². The zero-order valence-corrected chi connectivity index (χ0v) is 12.6. The molecular formula is C16H18FN3O2. The zero-order valence-electron chi connectivity index (χ0n) is 12.6. The number of ether oxygens (including phenoxy) is 1. The van der Waals surface area contributed by atoms with Crippen LogP contribution in [0.15, 0.2) is 30.5 Å². The van der Waals surface area contributed by atoms with E-state index in [2.05, 4.69) is 4.98 Å². The van der Waals surface area contributed by atoms with Crippen molar-refractivity contribution in [1.82, 2.24) is 14.5 Å². The van der Waals surface area contributed by atoms with E-state index >= 15 is 0 Å². The molecule has 1 saturated heterocycles. The molecule has 1 aliphatic heterocycles. The van der Waals surface area contributed by atoms with Crippen molar-refractivity contribution in [3.8, 4) is 0 Å². The predicted octanol–water partition coefficient (Wildman–Crippen LogP) is 2.08. The average molecular weight is 303 g/mol. The van der Waals surface area contributed by atoms with Crippen LogP contribution in [0.3, 0.4) is 0 Å². The van der Waals surface area contributed by atoms with E-state index in [1.807, 2.05) is 24.7 Å². The van der Waals surface area contributed by atoms with E-state index < -0.39 is 5.82 Å². The van der Waals surface area contributed by atoms with Gasteiger partial charge < -0.3 is 14.2 Å². The molecule has 6 heteroatoms. The monoisotopic (exact) mass is 303 g/mol. The van der Waals surface area contributed by atoms with Crippen LogP contribution < -0.4 is 0 Å². The van der Waals surface area contributed by atoms with E-state index in [1.165, 1.54) is 12.1 Å². The largest absolute Gasteiger partial charge is 0.367 e. The molecule has 116 valence electrons. The number of aromatic nitrogens is 2. The summed E-state index contributed by atoms with van der Waals surface area (Å²) in [6, 6.07) is 6.04. The Kier molecular flexibility index (Phi) is 3.94. The Morgan fingerprint density at radius 1 is 1.41 bits per heavy atom. The molecule has 1 aliphatic rings. The fourth-order valence-electron chi connectivity index (χ4n) is 2.73. The normalized spacial score (nSPS) is 18.5. The topological polar surface area (TPSA) is 47.4 Å². The lowest BCUT2D eigenvalue weighted by Crippen LogP contribution is -2.43. The van der Waals surface area contributed by atoms with Gasteiger partial charge in [-0.05, 0) is 19.1 Å². The van der Waals surface area contributed by atoms with Crippen LogP contribution in [0.1, 0.15) is 28.0 Å². The van der Waals surface area contributed by atoms with Crippen molar-refractivity contribution in [3.05, 3.63) is 53.4 Å². The number of hydrogen-bond acceptors (Lipinski definition) is 3. The number of benzene rings is 1. The zero-order chi connectivity index (χ0) is 15.7. The van der Waals surface area contributed by atoms with Gasteiger partial charge in [0.1, 0.15) is 17.7 Å². The van der Waals surface area contributed by atoms with Crippen LogP contribution in [-0.2, 0) is 11.8 Å². The lowest BCUT2D eigenvalue weighted by atomic mass is 10.1. The highest BCUT2D eigenvalue weighted by atomic mass is 19.1. The third-order valence-electron chi connectivity index (χ3n) is 3.78. The lowest BCUT2D eigenvalue weighted by molar-refractivity contribution is -0.0280. The van der Waals surface area contributed by atoms with Crippen LogP contribution in [0, 0.1) is 12.7 Å². The molecule has 1 amide bonds. The van der Waals surface area contributed by atoms with Crippen molar-refractivity contribution in [2.45, 2.75) is 13.0 Å². The number of amides is 1. The molecule has 0 saturated carbocycles. The molecule has 0 unspecified atom stereocenters. The molecule has 5 nitrogen and oxygen atoms in total. The standard InChI is InChI=1S/C16H18FN3O2/c1-11-9-19(2)15(18-11)14-10-20(7-8-22-14)16(21)12-5-3-4-6-13(12)17/h3-6,9,14H,7-8,10H2,1-2H3/t14-/m1/s1. The van der Waals surface area contributed by atoms with E-state index in [1.54, 1.807) is 17.0 Å². The minimum atomic E-state index is -0.497. The molecule has 0 radical (unpaired) electrons. The van der Waals surface area contributed by atoms with Crippen LogP contribution in [-0.4, -0.2) is 40.1 Å². The van der Waals surface area contributed by atoms with Crippen molar-refractivity contribution >= 4 is 5.91 Å². The summed E-state index contributed by atoms with van der Waals surface area (Å²) >= 11 is 0. The molecule has 2 aromatic rings. The van der Waals surface area contributed by atoms with Gasteiger partial charge >= 0.3 is 0 Å². The van der Waals surface area contributed by atoms with Crippen molar-refractivity contribution in [2.24, 2.45) is 7.05 Å². The molecule has 0 bridgehead atoms. The van der Waals surface area contributed by atoms with Gasteiger partial charge in [0, 0.05) is 19.8 Å². The van der Waals surface area contributed by atoms with E-state index in [0.29, 0.717) is 19.7 Å². The molecule has 1 aromatic heterocycles. The Labute approximate surface area is 128 Å². The number of carbonyl (C=O) groups is 1. The first-order chi connectivity index (χ1) is 10.6. The second kappa shape index (κ2) is 5.88. The molecule has 3 rings (SSSR count). The maximum absolute atomic E-state index is 13.8. The molecule has 0 aliphatic carbocycles. The van der Waals surface area contributed by atoms with Gasteiger partial charge in [-0.15, -0.1) is 0 Å². The van der Waals surface area contributed by atoms with Crippen LogP contribution in [0.25, 0.3) is 0 Å². The molecule has 0 N–H and O–H groups in total. The summed E-state index contributed by atoms with van der Waals surface area (Å²) in [7, 11) is 1.90. The summed E-state index contributed by atoms with van der Waals surface area (Å²) in [6.07, 6.45) is 1.62. The molecule has 2 heterocycles. The maximum atomic E-state index is 13.8. The minimum Gasteiger partial charge on any atom is -0.367 e. The summed E-state index contributed by atoms with van der Waals surface area (Å²) in [4.78, 5) is 18.6. The Balaban J connectivity index is 1.80. The summed E-state index contributed by atoms with van der Waals surface area (Å²) in [5.41, 5.74) is 0.998. The first-order valence-corrected chi connectivity index (χ1v) is 7.21. The fourth-order valence-corrected chi connectivity index (χ4v) is 2.73. The van der Waals surface area contributed by atoms with Gasteiger partial charge in [-0.2, -0.15) is 0 Å². The van der Waals surface area contributed by atoms with Gasteiger partial charge in [0.15, 0.2) is 0 Å². The van der Waals surface area contributed by atoms with E-state index in [9.17, 15) is 9.18 Å². The highest BCUT2D eigenvalue weighted by Gasteiger charge is 2.29. The number of imidazole rings is 1. The molecule has 1 aromatic carbocycles. The Morgan fingerprint density at radius 3 is 2.86 bits per heavy atom.